The van der Waals surface area contributed by atoms with E-state index in [1.54, 1.807) is 6.20 Å². The second-order valence-corrected chi connectivity index (χ2v) is 12.0. The summed E-state index contributed by atoms with van der Waals surface area (Å²) in [6.45, 7) is 1.74. The van der Waals surface area contributed by atoms with Gasteiger partial charge in [-0.1, -0.05) is 41.6 Å². The molecule has 38 heavy (non-hydrogen) atoms. The zero-order valence-electron chi connectivity index (χ0n) is 20.5. The summed E-state index contributed by atoms with van der Waals surface area (Å²) in [6, 6.07) is 5.90. The number of carbonyl (C=O) groups is 1. The highest BCUT2D eigenvalue weighted by atomic mass is 35.5. The quantitative estimate of drug-likeness (QED) is 0.352. The summed E-state index contributed by atoms with van der Waals surface area (Å²) in [4.78, 5) is 29.7. The fourth-order valence-electron chi connectivity index (χ4n) is 6.61. The molecule has 0 radical (unpaired) electrons. The second kappa shape index (κ2) is 8.59. The molecule has 9 nitrogen and oxygen atoms in total. The van der Waals surface area contributed by atoms with Gasteiger partial charge in [0.25, 0.3) is 0 Å². The third-order valence-electron chi connectivity index (χ3n) is 8.64. The standard InChI is InChI=1S/C27H27ClN8OS/c28-21-18(5-8-32-23(21)30)38-19-3-4-20-34-25(17-13-33-26(19)36(17)20)35-9-6-27(7-10-35)12-15-2-1-14(24(31)37)11-16(15)22(27)29/h1-5,8,11,13,15-16,22H,6-7,9-10,12,29H2,(H2,30,32)(H2,31,37). The lowest BCUT2D eigenvalue weighted by molar-refractivity contribution is -0.114. The molecule has 6 N–H and O–H groups in total. The molecule has 3 unspecified atom stereocenters. The molecule has 1 aliphatic heterocycles. The minimum atomic E-state index is -0.386. The van der Waals surface area contributed by atoms with Crippen LogP contribution < -0.4 is 22.1 Å². The molecule has 2 aliphatic carbocycles. The summed E-state index contributed by atoms with van der Waals surface area (Å²) in [5.74, 6) is 1.41. The van der Waals surface area contributed by atoms with Crippen LogP contribution in [0.25, 0.3) is 16.8 Å². The number of imidazole rings is 2. The molecule has 0 bridgehead atoms. The van der Waals surface area contributed by atoms with E-state index in [2.05, 4.69) is 20.4 Å². The minimum Gasteiger partial charge on any atom is -0.382 e. The van der Waals surface area contributed by atoms with Crippen molar-refractivity contribution in [2.45, 2.75) is 35.1 Å². The van der Waals surface area contributed by atoms with Gasteiger partial charge in [0, 0.05) is 35.8 Å². The van der Waals surface area contributed by atoms with Gasteiger partial charge in [0.05, 0.1) is 16.1 Å². The van der Waals surface area contributed by atoms with Gasteiger partial charge in [-0.2, -0.15) is 0 Å². The Balaban J connectivity index is 1.14. The fraction of sp³-hybridized carbons (Fsp3) is 0.333. The van der Waals surface area contributed by atoms with Gasteiger partial charge in [0.15, 0.2) is 11.5 Å². The number of allylic oxidation sites excluding steroid dienone is 1. The number of hydrogen-bond acceptors (Lipinski definition) is 8. The van der Waals surface area contributed by atoms with Crippen LogP contribution in [0.3, 0.4) is 0 Å². The summed E-state index contributed by atoms with van der Waals surface area (Å²) in [6.07, 6.45) is 12.6. The van der Waals surface area contributed by atoms with Gasteiger partial charge >= 0.3 is 0 Å². The van der Waals surface area contributed by atoms with Crippen molar-refractivity contribution in [3.8, 4) is 0 Å². The SMILES string of the molecule is NC(=O)C1=CC2C(C=C1)CC1(CCN(c3nc4ccc(Sc5ccnc(N)c5Cl)c5ncc3n45)CC1)C2N. The van der Waals surface area contributed by atoms with Crippen molar-refractivity contribution in [2.75, 3.05) is 23.7 Å². The van der Waals surface area contributed by atoms with E-state index >= 15 is 0 Å². The fourth-order valence-corrected chi connectivity index (χ4v) is 7.77. The monoisotopic (exact) mass is 546 g/mol. The number of nitrogens with two attached hydrogens (primary N) is 3. The van der Waals surface area contributed by atoms with E-state index in [1.807, 2.05) is 36.5 Å². The maximum atomic E-state index is 11.7. The number of nitrogen functional groups attached to an aromatic ring is 1. The lowest BCUT2D eigenvalue weighted by Gasteiger charge is -2.43. The Morgan fingerprint density at radius 2 is 1.97 bits per heavy atom. The van der Waals surface area contributed by atoms with Crippen LogP contribution in [0.1, 0.15) is 19.3 Å². The number of primary amides is 1. The highest BCUT2D eigenvalue weighted by Crippen LogP contribution is 2.53. The van der Waals surface area contributed by atoms with Crippen LogP contribution in [0.4, 0.5) is 11.6 Å². The minimum absolute atomic E-state index is 0.00645. The number of nitrogens with zero attached hydrogens (tertiary/aromatic N) is 5. The van der Waals surface area contributed by atoms with Crippen LogP contribution in [0.5, 0.6) is 0 Å². The largest absolute Gasteiger partial charge is 0.382 e. The lowest BCUT2D eigenvalue weighted by atomic mass is 9.73. The molecule has 194 valence electrons. The smallest absolute Gasteiger partial charge is 0.248 e. The normalized spacial score (nSPS) is 24.4. The molecular formula is C27H27ClN8OS. The Kier molecular flexibility index (Phi) is 5.37. The molecule has 0 aromatic carbocycles. The predicted molar refractivity (Wildman–Crippen MR) is 149 cm³/mol. The number of halogens is 1. The number of piperidine rings is 1. The Labute approximate surface area is 228 Å². The van der Waals surface area contributed by atoms with Gasteiger partial charge in [-0.15, -0.1) is 0 Å². The van der Waals surface area contributed by atoms with E-state index in [1.165, 1.54) is 11.8 Å². The molecule has 11 heteroatoms. The third-order valence-corrected chi connectivity index (χ3v) is 10.2. The first-order valence-electron chi connectivity index (χ1n) is 12.7. The second-order valence-electron chi connectivity index (χ2n) is 10.6. The maximum absolute atomic E-state index is 11.7. The van der Waals surface area contributed by atoms with E-state index < -0.39 is 0 Å². The summed E-state index contributed by atoms with van der Waals surface area (Å²) >= 11 is 7.91. The van der Waals surface area contributed by atoms with Crippen LogP contribution in [0.2, 0.25) is 5.02 Å². The molecule has 3 atom stereocenters. The van der Waals surface area contributed by atoms with E-state index in [9.17, 15) is 4.79 Å². The Bertz CT molecular complexity index is 1640. The van der Waals surface area contributed by atoms with Crippen LogP contribution in [-0.4, -0.2) is 44.4 Å². The number of rotatable bonds is 4. The molecular weight excluding hydrogens is 520 g/mol. The summed E-state index contributed by atoms with van der Waals surface area (Å²) in [5.41, 5.74) is 21.6. The molecule has 1 saturated carbocycles. The predicted octanol–water partition coefficient (Wildman–Crippen LogP) is 3.63. The van der Waals surface area contributed by atoms with E-state index in [-0.39, 0.29) is 23.3 Å². The zero-order chi connectivity index (χ0) is 26.2. The number of aromatic nitrogens is 4. The Morgan fingerprint density at radius 1 is 1.16 bits per heavy atom. The first-order valence-corrected chi connectivity index (χ1v) is 13.9. The van der Waals surface area contributed by atoms with Crippen LogP contribution >= 0.6 is 23.4 Å². The van der Waals surface area contributed by atoms with Gasteiger partial charge in [-0.25, -0.2) is 15.0 Å². The molecule has 4 aromatic heterocycles. The molecule has 7 rings (SSSR count). The van der Waals surface area contributed by atoms with Gasteiger partial charge in [0.1, 0.15) is 17.0 Å². The molecule has 1 amide bonds. The number of anilines is 2. The van der Waals surface area contributed by atoms with Crippen molar-refractivity contribution in [1.82, 2.24) is 19.4 Å². The molecule has 4 aromatic rings. The van der Waals surface area contributed by atoms with Gasteiger partial charge in [-0.3, -0.25) is 9.20 Å². The zero-order valence-corrected chi connectivity index (χ0v) is 22.1. The van der Waals surface area contributed by atoms with Crippen molar-refractivity contribution < 1.29 is 4.79 Å². The number of pyridine rings is 2. The first kappa shape index (κ1) is 23.8. The molecule has 1 spiro atoms. The molecule has 2 fully saturated rings. The van der Waals surface area contributed by atoms with Crippen molar-refractivity contribution >= 4 is 57.7 Å². The number of amides is 1. The summed E-state index contributed by atoms with van der Waals surface area (Å²) in [5, 5.41) is 0.447. The molecule has 5 heterocycles. The van der Waals surface area contributed by atoms with Gasteiger partial charge in [-0.05, 0) is 54.7 Å². The van der Waals surface area contributed by atoms with Crippen molar-refractivity contribution in [2.24, 2.45) is 28.7 Å². The number of hydrogen-bond donors (Lipinski definition) is 3. The average Bonchev–Trinajstić information content (AvgIpc) is 3.59. The van der Waals surface area contributed by atoms with E-state index in [0.29, 0.717) is 22.3 Å². The first-order chi connectivity index (χ1) is 18.3. The number of fused-ring (bicyclic) bond motifs is 1. The van der Waals surface area contributed by atoms with Crippen molar-refractivity contribution in [3.05, 3.63) is 59.4 Å². The Morgan fingerprint density at radius 3 is 2.76 bits per heavy atom. The summed E-state index contributed by atoms with van der Waals surface area (Å²) in [7, 11) is 0. The van der Waals surface area contributed by atoms with Gasteiger partial charge < -0.3 is 22.1 Å². The van der Waals surface area contributed by atoms with E-state index in [4.69, 9.17) is 38.8 Å². The maximum Gasteiger partial charge on any atom is 0.248 e. The average molecular weight is 547 g/mol. The highest BCUT2D eigenvalue weighted by Gasteiger charge is 2.52. The van der Waals surface area contributed by atoms with Gasteiger partial charge in [0.2, 0.25) is 5.91 Å². The number of carbonyl (C=O) groups excluding carboxylic acids is 1. The van der Waals surface area contributed by atoms with Crippen LogP contribution in [0, 0.1) is 17.3 Å². The van der Waals surface area contributed by atoms with E-state index in [0.717, 1.165) is 64.8 Å². The topological polar surface area (TPSA) is 141 Å². The molecule has 1 saturated heterocycles. The third kappa shape index (κ3) is 3.50. The van der Waals surface area contributed by atoms with Crippen LogP contribution in [-0.2, 0) is 4.79 Å². The lowest BCUT2D eigenvalue weighted by Crippen LogP contribution is -2.48. The Hall–Kier alpha value is -3.34. The molecule has 3 aliphatic rings. The van der Waals surface area contributed by atoms with Crippen molar-refractivity contribution in [3.63, 3.8) is 0 Å². The summed E-state index contributed by atoms with van der Waals surface area (Å²) < 4.78 is 2.11. The highest BCUT2D eigenvalue weighted by molar-refractivity contribution is 7.99. The van der Waals surface area contributed by atoms with Crippen molar-refractivity contribution in [1.29, 1.82) is 0 Å². The van der Waals surface area contributed by atoms with Crippen LogP contribution in [0.15, 0.2) is 64.2 Å².